The molecule has 1 aromatic rings. The van der Waals surface area contributed by atoms with Crippen molar-refractivity contribution in [3.05, 3.63) is 34.9 Å². The average molecular weight is 280 g/mol. The van der Waals surface area contributed by atoms with Crippen LogP contribution >= 0.6 is 0 Å². The van der Waals surface area contributed by atoms with Gasteiger partial charge in [0.2, 0.25) is 0 Å². The molecule has 2 aliphatic rings. The number of hydrogen-bond donors (Lipinski definition) is 1. The maximum absolute atomic E-state index is 13.3. The molecule has 1 saturated carbocycles. The fourth-order valence-corrected chi connectivity index (χ4v) is 2.84. The van der Waals surface area contributed by atoms with Crippen molar-refractivity contribution in [1.29, 1.82) is 0 Å². The first-order valence-corrected chi connectivity index (χ1v) is 6.48. The van der Waals surface area contributed by atoms with E-state index in [9.17, 15) is 18.4 Å². The monoisotopic (exact) mass is 280 g/mol. The van der Waals surface area contributed by atoms with Gasteiger partial charge in [-0.1, -0.05) is 0 Å². The van der Waals surface area contributed by atoms with Crippen molar-refractivity contribution in [2.45, 2.75) is 25.3 Å². The van der Waals surface area contributed by atoms with Gasteiger partial charge in [-0.05, 0) is 37.8 Å². The fourth-order valence-electron chi connectivity index (χ4n) is 2.84. The van der Waals surface area contributed by atoms with Crippen LogP contribution in [0.3, 0.4) is 0 Å². The molecule has 4 nitrogen and oxygen atoms in total. The molecule has 0 bridgehead atoms. The SMILES string of the molecule is CC(CN)(C1CC1)N1C(=O)c2cc(F)c(F)cc2C1=O. The Kier molecular flexibility index (Phi) is 2.69. The zero-order chi connectivity index (χ0) is 14.7. The van der Waals surface area contributed by atoms with Crippen LogP contribution in [0.2, 0.25) is 0 Å². The normalized spacial score (nSPS) is 21.1. The quantitative estimate of drug-likeness (QED) is 0.857. The van der Waals surface area contributed by atoms with E-state index in [0.29, 0.717) is 0 Å². The summed E-state index contributed by atoms with van der Waals surface area (Å²) in [7, 11) is 0. The molecule has 0 radical (unpaired) electrons. The first kappa shape index (κ1) is 13.2. The van der Waals surface area contributed by atoms with E-state index in [4.69, 9.17) is 5.73 Å². The molecular formula is C14H14F2N2O2. The molecule has 1 atom stereocenters. The van der Waals surface area contributed by atoms with Crippen LogP contribution in [0.4, 0.5) is 8.78 Å². The van der Waals surface area contributed by atoms with E-state index in [1.165, 1.54) is 0 Å². The number of nitrogens with two attached hydrogens (primary N) is 1. The highest BCUT2D eigenvalue weighted by molar-refractivity contribution is 6.22. The van der Waals surface area contributed by atoms with Crippen molar-refractivity contribution < 1.29 is 18.4 Å². The van der Waals surface area contributed by atoms with Crippen LogP contribution in [0.1, 0.15) is 40.5 Å². The highest BCUT2D eigenvalue weighted by atomic mass is 19.2. The van der Waals surface area contributed by atoms with Crippen LogP contribution < -0.4 is 5.73 Å². The molecule has 1 unspecified atom stereocenters. The van der Waals surface area contributed by atoms with Crippen LogP contribution in [0.5, 0.6) is 0 Å². The van der Waals surface area contributed by atoms with Gasteiger partial charge in [0.1, 0.15) is 0 Å². The smallest absolute Gasteiger partial charge is 0.262 e. The summed E-state index contributed by atoms with van der Waals surface area (Å²) in [6.07, 6.45) is 1.79. The molecule has 0 aromatic heterocycles. The summed E-state index contributed by atoms with van der Waals surface area (Å²) in [5, 5.41) is 0. The Morgan fingerprint density at radius 1 is 1.20 bits per heavy atom. The second kappa shape index (κ2) is 4.09. The molecule has 1 aliphatic heterocycles. The molecule has 2 amide bonds. The number of hydrogen-bond acceptors (Lipinski definition) is 3. The fraction of sp³-hybridized carbons (Fsp3) is 0.429. The number of halogens is 2. The van der Waals surface area contributed by atoms with E-state index in [0.717, 1.165) is 29.9 Å². The van der Waals surface area contributed by atoms with Crippen molar-refractivity contribution >= 4 is 11.8 Å². The standard InChI is InChI=1S/C14H14F2N2O2/c1-14(6-17,7-2-3-7)18-12(19)8-4-10(15)11(16)5-9(8)13(18)20/h4-5,7H,2-3,6,17H2,1H3. The Labute approximate surface area is 114 Å². The van der Waals surface area contributed by atoms with Gasteiger partial charge in [0.05, 0.1) is 16.7 Å². The number of nitrogens with zero attached hydrogens (tertiary/aromatic N) is 1. The number of fused-ring (bicyclic) bond motifs is 1. The van der Waals surface area contributed by atoms with Gasteiger partial charge in [0, 0.05) is 6.54 Å². The summed E-state index contributed by atoms with van der Waals surface area (Å²) in [5.41, 5.74) is 4.78. The van der Waals surface area contributed by atoms with E-state index < -0.39 is 29.0 Å². The minimum atomic E-state index is -1.13. The molecule has 2 N–H and O–H groups in total. The van der Waals surface area contributed by atoms with E-state index in [2.05, 4.69) is 0 Å². The van der Waals surface area contributed by atoms with E-state index >= 15 is 0 Å². The third-order valence-electron chi connectivity index (χ3n) is 4.31. The van der Waals surface area contributed by atoms with Gasteiger partial charge in [-0.3, -0.25) is 14.5 Å². The van der Waals surface area contributed by atoms with Gasteiger partial charge < -0.3 is 5.73 Å². The summed E-state index contributed by atoms with van der Waals surface area (Å²) < 4.78 is 26.5. The Balaban J connectivity index is 2.09. The Bertz CT molecular complexity index is 587. The lowest BCUT2D eigenvalue weighted by Crippen LogP contribution is -2.55. The van der Waals surface area contributed by atoms with Gasteiger partial charge in [0.25, 0.3) is 11.8 Å². The van der Waals surface area contributed by atoms with E-state index in [1.807, 2.05) is 0 Å². The predicted molar refractivity (Wildman–Crippen MR) is 67.0 cm³/mol. The lowest BCUT2D eigenvalue weighted by Gasteiger charge is -2.36. The van der Waals surface area contributed by atoms with Gasteiger partial charge >= 0.3 is 0 Å². The molecule has 3 rings (SSSR count). The molecule has 0 spiro atoms. The molecule has 6 heteroatoms. The number of carbonyl (C=O) groups is 2. The Morgan fingerprint density at radius 2 is 1.65 bits per heavy atom. The number of amides is 2. The average Bonchev–Trinajstić information content (AvgIpc) is 3.22. The summed E-state index contributed by atoms with van der Waals surface area (Å²) in [5.74, 6) is -3.29. The van der Waals surface area contributed by atoms with Crippen molar-refractivity contribution in [3.8, 4) is 0 Å². The van der Waals surface area contributed by atoms with Crippen LogP contribution in [0.15, 0.2) is 12.1 Å². The minimum absolute atomic E-state index is 0.0887. The second-order valence-electron chi connectivity index (χ2n) is 5.59. The molecule has 0 saturated heterocycles. The first-order valence-electron chi connectivity index (χ1n) is 6.48. The molecule has 1 heterocycles. The molecule has 1 aliphatic carbocycles. The highest BCUT2D eigenvalue weighted by Gasteiger charge is 2.53. The second-order valence-corrected chi connectivity index (χ2v) is 5.59. The third-order valence-corrected chi connectivity index (χ3v) is 4.31. The van der Waals surface area contributed by atoms with Gasteiger partial charge in [-0.2, -0.15) is 0 Å². The summed E-state index contributed by atoms with van der Waals surface area (Å²) in [4.78, 5) is 25.8. The van der Waals surface area contributed by atoms with Crippen LogP contribution in [-0.2, 0) is 0 Å². The first-order chi connectivity index (χ1) is 9.40. The van der Waals surface area contributed by atoms with Crippen molar-refractivity contribution in [2.75, 3.05) is 6.54 Å². The zero-order valence-corrected chi connectivity index (χ0v) is 11.0. The number of benzene rings is 1. The van der Waals surface area contributed by atoms with Crippen molar-refractivity contribution in [2.24, 2.45) is 11.7 Å². The van der Waals surface area contributed by atoms with Gasteiger partial charge in [0.15, 0.2) is 11.6 Å². The molecule has 106 valence electrons. The maximum Gasteiger partial charge on any atom is 0.262 e. The largest absolute Gasteiger partial charge is 0.328 e. The molecule has 1 fully saturated rings. The van der Waals surface area contributed by atoms with Gasteiger partial charge in [-0.15, -0.1) is 0 Å². The van der Waals surface area contributed by atoms with Crippen LogP contribution in [0, 0.1) is 17.6 Å². The summed E-state index contributed by atoms with van der Waals surface area (Å²) >= 11 is 0. The van der Waals surface area contributed by atoms with Crippen LogP contribution in [-0.4, -0.2) is 28.8 Å². The molecule has 1 aromatic carbocycles. The highest BCUT2D eigenvalue weighted by Crippen LogP contribution is 2.45. The molecular weight excluding hydrogens is 266 g/mol. The van der Waals surface area contributed by atoms with E-state index in [1.54, 1.807) is 6.92 Å². The number of carbonyl (C=O) groups excluding carboxylic acids is 2. The lowest BCUT2D eigenvalue weighted by molar-refractivity contribution is 0.0423. The van der Waals surface area contributed by atoms with Crippen molar-refractivity contribution in [3.63, 3.8) is 0 Å². The number of rotatable bonds is 3. The summed E-state index contributed by atoms with van der Waals surface area (Å²) in [6, 6.07) is 1.57. The summed E-state index contributed by atoms with van der Waals surface area (Å²) in [6.45, 7) is 1.88. The topological polar surface area (TPSA) is 63.4 Å². The lowest BCUT2D eigenvalue weighted by atomic mass is 9.93. The Hall–Kier alpha value is -1.82. The maximum atomic E-state index is 13.3. The van der Waals surface area contributed by atoms with Crippen LogP contribution in [0.25, 0.3) is 0 Å². The minimum Gasteiger partial charge on any atom is -0.328 e. The van der Waals surface area contributed by atoms with E-state index in [-0.39, 0.29) is 23.6 Å². The van der Waals surface area contributed by atoms with Gasteiger partial charge in [-0.25, -0.2) is 8.78 Å². The zero-order valence-electron chi connectivity index (χ0n) is 11.0. The Morgan fingerprint density at radius 3 is 2.00 bits per heavy atom. The molecule has 20 heavy (non-hydrogen) atoms. The predicted octanol–water partition coefficient (Wildman–Crippen LogP) is 1.69. The van der Waals surface area contributed by atoms with Crippen molar-refractivity contribution in [1.82, 2.24) is 4.90 Å². The number of imide groups is 1. The third kappa shape index (κ3) is 1.61.